The highest BCUT2D eigenvalue weighted by Crippen LogP contribution is 2.25. The Hall–Kier alpha value is -2.60. The molecule has 132 valence electrons. The minimum absolute atomic E-state index is 0.274. The van der Waals surface area contributed by atoms with Crippen LogP contribution in [0.1, 0.15) is 12.5 Å². The van der Waals surface area contributed by atoms with E-state index >= 15 is 0 Å². The van der Waals surface area contributed by atoms with Gasteiger partial charge in [0, 0.05) is 5.69 Å². The summed E-state index contributed by atoms with van der Waals surface area (Å²) in [5.74, 6) is -1.42. The highest BCUT2D eigenvalue weighted by atomic mass is 35.5. The maximum absolute atomic E-state index is 13.1. The number of anilines is 1. The van der Waals surface area contributed by atoms with Gasteiger partial charge in [-0.2, -0.15) is 0 Å². The van der Waals surface area contributed by atoms with Crippen LogP contribution in [0.5, 0.6) is 5.75 Å². The van der Waals surface area contributed by atoms with Crippen LogP contribution in [0.4, 0.5) is 10.1 Å². The van der Waals surface area contributed by atoms with E-state index in [-0.39, 0.29) is 12.3 Å². The molecular formula is C18H17ClFNO4. The highest BCUT2D eigenvalue weighted by Gasteiger charge is 2.18. The fourth-order valence-corrected chi connectivity index (χ4v) is 2.12. The van der Waals surface area contributed by atoms with Crippen molar-refractivity contribution in [3.63, 3.8) is 0 Å². The molecular weight excluding hydrogens is 349 g/mol. The number of benzene rings is 2. The molecule has 5 nitrogen and oxygen atoms in total. The first-order valence-corrected chi connectivity index (χ1v) is 7.88. The van der Waals surface area contributed by atoms with Crippen molar-refractivity contribution in [2.75, 3.05) is 11.9 Å². The molecule has 0 saturated carbocycles. The molecule has 1 amide bonds. The van der Waals surface area contributed by atoms with Crippen molar-refractivity contribution in [2.45, 2.75) is 20.0 Å². The van der Waals surface area contributed by atoms with Gasteiger partial charge in [-0.25, -0.2) is 9.18 Å². The molecule has 2 aromatic carbocycles. The van der Waals surface area contributed by atoms with Gasteiger partial charge in [0.15, 0.2) is 12.7 Å². The van der Waals surface area contributed by atoms with Gasteiger partial charge in [0.25, 0.3) is 5.91 Å². The lowest BCUT2D eigenvalue weighted by molar-refractivity contribution is -0.155. The summed E-state index contributed by atoms with van der Waals surface area (Å²) in [6, 6.07) is 10.6. The van der Waals surface area contributed by atoms with Crippen molar-refractivity contribution in [2.24, 2.45) is 0 Å². The van der Waals surface area contributed by atoms with E-state index in [1.54, 1.807) is 12.1 Å². The van der Waals surface area contributed by atoms with Crippen molar-refractivity contribution >= 4 is 29.2 Å². The van der Waals surface area contributed by atoms with Gasteiger partial charge in [-0.15, -0.1) is 0 Å². The first kappa shape index (κ1) is 18.7. The third-order valence-electron chi connectivity index (χ3n) is 3.20. The molecule has 0 unspecified atom stereocenters. The number of ether oxygens (including phenoxy) is 2. The average molecular weight is 366 g/mol. The molecule has 0 bridgehead atoms. The predicted octanol–water partition coefficient (Wildman–Crippen LogP) is 3.74. The van der Waals surface area contributed by atoms with Gasteiger partial charge in [0.05, 0.1) is 5.02 Å². The standard InChI is InChI=1S/C18H17ClFNO4/c1-11-6-7-15(19)16(8-11)24-10-17(22)25-12(2)18(23)21-14-5-3-4-13(20)9-14/h3-9,12H,10H2,1-2H3,(H,21,23)/t12-/m1/s1. The summed E-state index contributed by atoms with van der Waals surface area (Å²) in [7, 11) is 0. The molecule has 0 aliphatic heterocycles. The second kappa shape index (κ2) is 8.48. The Balaban J connectivity index is 1.84. The van der Waals surface area contributed by atoms with Crippen LogP contribution in [-0.2, 0) is 14.3 Å². The van der Waals surface area contributed by atoms with Crippen molar-refractivity contribution in [1.82, 2.24) is 0 Å². The molecule has 1 N–H and O–H groups in total. The SMILES string of the molecule is Cc1ccc(Cl)c(OCC(=O)O[C@H](C)C(=O)Nc2cccc(F)c2)c1. The van der Waals surface area contributed by atoms with E-state index in [1.165, 1.54) is 25.1 Å². The summed E-state index contributed by atoms with van der Waals surface area (Å²) >= 11 is 5.97. The fourth-order valence-electron chi connectivity index (χ4n) is 1.95. The van der Waals surface area contributed by atoms with Crippen LogP contribution in [0.25, 0.3) is 0 Å². The second-order valence-electron chi connectivity index (χ2n) is 5.35. The van der Waals surface area contributed by atoms with E-state index in [0.717, 1.165) is 11.6 Å². The molecule has 0 spiro atoms. The van der Waals surface area contributed by atoms with Gasteiger partial charge in [-0.1, -0.05) is 23.7 Å². The zero-order valence-corrected chi connectivity index (χ0v) is 14.5. The lowest BCUT2D eigenvalue weighted by Crippen LogP contribution is -2.31. The van der Waals surface area contributed by atoms with Crippen molar-refractivity contribution in [3.05, 3.63) is 58.9 Å². The van der Waals surface area contributed by atoms with E-state index in [9.17, 15) is 14.0 Å². The highest BCUT2D eigenvalue weighted by molar-refractivity contribution is 6.32. The molecule has 25 heavy (non-hydrogen) atoms. The number of rotatable bonds is 6. The summed E-state index contributed by atoms with van der Waals surface area (Å²) in [5, 5.41) is 2.83. The molecule has 0 aliphatic rings. The Labute approximate surface area is 149 Å². The summed E-state index contributed by atoms with van der Waals surface area (Å²) in [5.41, 5.74) is 1.20. The molecule has 0 heterocycles. The number of halogens is 2. The Morgan fingerprint density at radius 2 is 2.00 bits per heavy atom. The van der Waals surface area contributed by atoms with E-state index < -0.39 is 23.8 Å². The number of esters is 1. The van der Waals surface area contributed by atoms with Gasteiger partial charge in [0.2, 0.25) is 0 Å². The van der Waals surface area contributed by atoms with Gasteiger partial charge in [0.1, 0.15) is 11.6 Å². The van der Waals surface area contributed by atoms with Gasteiger partial charge in [-0.05, 0) is 49.7 Å². The normalized spacial score (nSPS) is 11.5. The van der Waals surface area contributed by atoms with Crippen molar-refractivity contribution in [1.29, 1.82) is 0 Å². The first-order chi connectivity index (χ1) is 11.8. The van der Waals surface area contributed by atoms with E-state index in [0.29, 0.717) is 10.8 Å². The number of hydrogen-bond donors (Lipinski definition) is 1. The summed E-state index contributed by atoms with van der Waals surface area (Å²) in [6.45, 7) is 2.88. The molecule has 1 atom stereocenters. The minimum Gasteiger partial charge on any atom is -0.480 e. The second-order valence-corrected chi connectivity index (χ2v) is 5.76. The largest absolute Gasteiger partial charge is 0.480 e. The molecule has 7 heteroatoms. The van der Waals surface area contributed by atoms with E-state index in [1.807, 2.05) is 13.0 Å². The van der Waals surface area contributed by atoms with Gasteiger partial charge in [-0.3, -0.25) is 4.79 Å². The van der Waals surface area contributed by atoms with Crippen LogP contribution < -0.4 is 10.1 Å². The summed E-state index contributed by atoms with van der Waals surface area (Å²) < 4.78 is 23.4. The Kier molecular flexibility index (Phi) is 6.36. The lowest BCUT2D eigenvalue weighted by Gasteiger charge is -2.14. The third kappa shape index (κ3) is 5.76. The topological polar surface area (TPSA) is 64.6 Å². The molecule has 2 rings (SSSR count). The number of carbonyl (C=O) groups excluding carboxylic acids is 2. The number of aryl methyl sites for hydroxylation is 1. The number of carbonyl (C=O) groups is 2. The Morgan fingerprint density at radius 3 is 2.72 bits per heavy atom. The van der Waals surface area contributed by atoms with Crippen LogP contribution >= 0.6 is 11.6 Å². The van der Waals surface area contributed by atoms with Gasteiger partial charge >= 0.3 is 5.97 Å². The first-order valence-electron chi connectivity index (χ1n) is 7.50. The van der Waals surface area contributed by atoms with Crippen LogP contribution in [0.2, 0.25) is 5.02 Å². The van der Waals surface area contributed by atoms with Crippen molar-refractivity contribution in [3.8, 4) is 5.75 Å². The molecule has 0 radical (unpaired) electrons. The molecule has 0 aliphatic carbocycles. The molecule has 0 saturated heterocycles. The molecule has 0 fully saturated rings. The van der Waals surface area contributed by atoms with Crippen LogP contribution in [-0.4, -0.2) is 24.6 Å². The maximum Gasteiger partial charge on any atom is 0.344 e. The number of hydrogen-bond acceptors (Lipinski definition) is 4. The Morgan fingerprint density at radius 1 is 1.24 bits per heavy atom. The predicted molar refractivity (Wildman–Crippen MR) is 92.3 cm³/mol. The van der Waals surface area contributed by atoms with Crippen LogP contribution in [0, 0.1) is 12.7 Å². The third-order valence-corrected chi connectivity index (χ3v) is 3.51. The lowest BCUT2D eigenvalue weighted by atomic mass is 10.2. The summed E-state index contributed by atoms with van der Waals surface area (Å²) in [4.78, 5) is 23.8. The molecule has 0 aromatic heterocycles. The smallest absolute Gasteiger partial charge is 0.344 e. The maximum atomic E-state index is 13.1. The minimum atomic E-state index is -1.06. The van der Waals surface area contributed by atoms with Crippen LogP contribution in [0.15, 0.2) is 42.5 Å². The summed E-state index contributed by atoms with van der Waals surface area (Å²) in [6.07, 6.45) is -1.06. The van der Waals surface area contributed by atoms with Crippen LogP contribution in [0.3, 0.4) is 0 Å². The quantitative estimate of drug-likeness (QED) is 0.792. The zero-order valence-electron chi connectivity index (χ0n) is 13.7. The zero-order chi connectivity index (χ0) is 18.4. The van der Waals surface area contributed by atoms with E-state index in [2.05, 4.69) is 5.32 Å². The van der Waals surface area contributed by atoms with Gasteiger partial charge < -0.3 is 14.8 Å². The number of nitrogens with one attached hydrogen (secondary N) is 1. The van der Waals surface area contributed by atoms with Crippen molar-refractivity contribution < 1.29 is 23.5 Å². The monoisotopic (exact) mass is 365 g/mol. The Bertz CT molecular complexity index is 781. The fraction of sp³-hybridized carbons (Fsp3) is 0.222. The van der Waals surface area contributed by atoms with E-state index in [4.69, 9.17) is 21.1 Å². The number of amides is 1. The molecule has 2 aromatic rings. The average Bonchev–Trinajstić information content (AvgIpc) is 2.55.